The highest BCUT2D eigenvalue weighted by Gasteiger charge is 2.05. The van der Waals surface area contributed by atoms with Crippen LogP contribution in [0.3, 0.4) is 0 Å². The number of nitrogens with two attached hydrogens (primary N) is 1. The highest BCUT2D eigenvalue weighted by atomic mass is 32.2. The first-order chi connectivity index (χ1) is 9.74. The zero-order chi connectivity index (χ0) is 13.9. The summed E-state index contributed by atoms with van der Waals surface area (Å²) in [5.41, 5.74) is 8.54. The van der Waals surface area contributed by atoms with Crippen LogP contribution in [-0.2, 0) is 5.75 Å². The molecule has 0 atom stereocenters. The second kappa shape index (κ2) is 5.43. The highest BCUT2D eigenvalue weighted by Crippen LogP contribution is 2.29. The fourth-order valence-corrected chi connectivity index (χ4v) is 3.12. The summed E-state index contributed by atoms with van der Waals surface area (Å²) in [6.07, 6.45) is 0. The van der Waals surface area contributed by atoms with Crippen molar-refractivity contribution in [2.24, 2.45) is 0 Å². The first-order valence-electron chi connectivity index (χ1n) is 6.32. The Morgan fingerprint density at radius 2 is 1.80 bits per heavy atom. The van der Waals surface area contributed by atoms with Crippen LogP contribution in [0.5, 0.6) is 0 Å². The number of nitrogens with one attached hydrogen (secondary N) is 1. The predicted octanol–water partition coefficient (Wildman–Crippen LogP) is 3.40. The van der Waals surface area contributed by atoms with Crippen molar-refractivity contribution < 1.29 is 0 Å². The molecule has 3 N–H and O–H groups in total. The third-order valence-electron chi connectivity index (χ3n) is 3.14. The number of nitrogen functional groups attached to an aromatic ring is 1. The third-order valence-corrected chi connectivity index (χ3v) is 4.28. The zero-order valence-electron chi connectivity index (χ0n) is 10.8. The number of H-pyrrole nitrogens is 1. The SMILES string of the molecule is Nc1ccccc1SCc1cc(=O)[nH]c2ccccc12. The van der Waals surface area contributed by atoms with Crippen molar-refractivity contribution in [3.05, 3.63) is 70.5 Å². The van der Waals surface area contributed by atoms with Crippen LogP contribution >= 0.6 is 11.8 Å². The molecule has 4 heteroatoms. The summed E-state index contributed by atoms with van der Waals surface area (Å²) in [5, 5.41) is 1.08. The molecular formula is C16H14N2OS. The van der Waals surface area contributed by atoms with Crippen molar-refractivity contribution in [1.82, 2.24) is 4.98 Å². The molecule has 3 nitrogen and oxygen atoms in total. The lowest BCUT2D eigenvalue weighted by Gasteiger charge is -2.07. The Bertz CT molecular complexity index is 811. The lowest BCUT2D eigenvalue weighted by molar-refractivity contribution is 1.26. The first kappa shape index (κ1) is 12.8. The van der Waals surface area contributed by atoms with E-state index in [1.54, 1.807) is 17.8 Å². The van der Waals surface area contributed by atoms with Gasteiger partial charge < -0.3 is 10.7 Å². The summed E-state index contributed by atoms with van der Waals surface area (Å²) in [6, 6.07) is 17.3. The molecule has 0 unspecified atom stereocenters. The fraction of sp³-hybridized carbons (Fsp3) is 0.0625. The van der Waals surface area contributed by atoms with Crippen LogP contribution in [0.2, 0.25) is 0 Å². The Kier molecular flexibility index (Phi) is 3.48. The van der Waals surface area contributed by atoms with E-state index in [1.807, 2.05) is 48.5 Å². The summed E-state index contributed by atoms with van der Waals surface area (Å²) in [4.78, 5) is 15.6. The van der Waals surface area contributed by atoms with Gasteiger partial charge in [0.25, 0.3) is 0 Å². The van der Waals surface area contributed by atoms with Crippen LogP contribution in [0, 0.1) is 0 Å². The second-order valence-corrected chi connectivity index (χ2v) is 5.55. The van der Waals surface area contributed by atoms with Gasteiger partial charge in [-0.2, -0.15) is 0 Å². The Morgan fingerprint density at radius 3 is 2.65 bits per heavy atom. The first-order valence-corrected chi connectivity index (χ1v) is 7.31. The van der Waals surface area contributed by atoms with E-state index in [-0.39, 0.29) is 5.56 Å². The number of aromatic nitrogens is 1. The minimum Gasteiger partial charge on any atom is -0.398 e. The second-order valence-electron chi connectivity index (χ2n) is 4.53. The van der Waals surface area contributed by atoms with E-state index in [0.717, 1.165) is 32.8 Å². The molecule has 1 heterocycles. The Morgan fingerprint density at radius 1 is 1.05 bits per heavy atom. The minimum atomic E-state index is -0.0691. The van der Waals surface area contributed by atoms with Crippen molar-refractivity contribution >= 4 is 28.4 Å². The molecule has 3 rings (SSSR count). The van der Waals surface area contributed by atoms with Crippen LogP contribution < -0.4 is 11.3 Å². The lowest BCUT2D eigenvalue weighted by Crippen LogP contribution is -2.06. The Hall–Kier alpha value is -2.20. The average Bonchev–Trinajstić information content (AvgIpc) is 2.46. The molecule has 1 aromatic heterocycles. The number of hydrogen-bond acceptors (Lipinski definition) is 3. The number of anilines is 1. The Labute approximate surface area is 120 Å². The summed E-state index contributed by atoms with van der Waals surface area (Å²) in [6.45, 7) is 0. The Balaban J connectivity index is 1.95. The molecule has 0 saturated heterocycles. The lowest BCUT2D eigenvalue weighted by atomic mass is 10.1. The quantitative estimate of drug-likeness (QED) is 0.572. The van der Waals surface area contributed by atoms with Gasteiger partial charge in [0.05, 0.1) is 0 Å². The molecule has 100 valence electrons. The van der Waals surface area contributed by atoms with E-state index in [4.69, 9.17) is 5.73 Å². The van der Waals surface area contributed by atoms with Crippen LogP contribution in [0.1, 0.15) is 5.56 Å². The number of thioether (sulfide) groups is 1. The van der Waals surface area contributed by atoms with Gasteiger partial charge in [-0.25, -0.2) is 0 Å². The van der Waals surface area contributed by atoms with Crippen LogP contribution in [0.25, 0.3) is 10.9 Å². The standard InChI is InChI=1S/C16H14N2OS/c17-13-6-2-4-8-15(13)20-10-11-9-16(19)18-14-7-3-1-5-12(11)14/h1-9H,10,17H2,(H,18,19). The number of fused-ring (bicyclic) bond motifs is 1. The van der Waals surface area contributed by atoms with Crippen molar-refractivity contribution in [1.29, 1.82) is 0 Å². The molecule has 0 aliphatic heterocycles. The number of para-hydroxylation sites is 2. The van der Waals surface area contributed by atoms with Gasteiger partial charge in [-0.05, 0) is 23.8 Å². The molecule has 0 aliphatic carbocycles. The van der Waals surface area contributed by atoms with E-state index in [0.29, 0.717) is 0 Å². The van der Waals surface area contributed by atoms with Crippen LogP contribution in [-0.4, -0.2) is 4.98 Å². The van der Waals surface area contributed by atoms with Crippen molar-refractivity contribution in [2.75, 3.05) is 5.73 Å². The fourth-order valence-electron chi connectivity index (χ4n) is 2.16. The van der Waals surface area contributed by atoms with Gasteiger partial charge in [0, 0.05) is 33.3 Å². The summed E-state index contributed by atoms with van der Waals surface area (Å²) >= 11 is 1.65. The molecule has 0 fully saturated rings. The van der Waals surface area contributed by atoms with Crippen molar-refractivity contribution in [3.8, 4) is 0 Å². The van der Waals surface area contributed by atoms with E-state index >= 15 is 0 Å². The largest absolute Gasteiger partial charge is 0.398 e. The van der Waals surface area contributed by atoms with Gasteiger partial charge in [-0.1, -0.05) is 30.3 Å². The maximum atomic E-state index is 11.7. The normalized spacial score (nSPS) is 10.8. The number of pyridine rings is 1. The minimum absolute atomic E-state index is 0.0691. The number of aromatic amines is 1. The third kappa shape index (κ3) is 2.56. The summed E-state index contributed by atoms with van der Waals surface area (Å²) in [7, 11) is 0. The van der Waals surface area contributed by atoms with Crippen molar-refractivity contribution in [3.63, 3.8) is 0 Å². The van der Waals surface area contributed by atoms with Gasteiger partial charge in [0.2, 0.25) is 5.56 Å². The zero-order valence-corrected chi connectivity index (χ0v) is 11.6. The molecule has 2 aromatic carbocycles. The van der Waals surface area contributed by atoms with Gasteiger partial charge in [-0.3, -0.25) is 4.79 Å². The number of hydrogen-bond donors (Lipinski definition) is 2. The monoisotopic (exact) mass is 282 g/mol. The molecule has 0 aliphatic rings. The van der Waals surface area contributed by atoms with Crippen molar-refractivity contribution in [2.45, 2.75) is 10.6 Å². The summed E-state index contributed by atoms with van der Waals surface area (Å²) < 4.78 is 0. The number of rotatable bonds is 3. The molecule has 0 radical (unpaired) electrons. The predicted molar refractivity (Wildman–Crippen MR) is 85.0 cm³/mol. The topological polar surface area (TPSA) is 58.9 Å². The number of benzene rings is 2. The van der Waals surface area contributed by atoms with E-state index in [2.05, 4.69) is 4.98 Å². The molecule has 0 spiro atoms. The van der Waals surface area contributed by atoms with Gasteiger partial charge in [0.1, 0.15) is 0 Å². The summed E-state index contributed by atoms with van der Waals surface area (Å²) in [5.74, 6) is 0.721. The molecule has 0 bridgehead atoms. The maximum Gasteiger partial charge on any atom is 0.248 e. The molecule has 20 heavy (non-hydrogen) atoms. The van der Waals surface area contributed by atoms with Crippen LogP contribution in [0.15, 0.2) is 64.3 Å². The van der Waals surface area contributed by atoms with E-state index < -0.39 is 0 Å². The van der Waals surface area contributed by atoms with E-state index in [9.17, 15) is 4.79 Å². The van der Waals surface area contributed by atoms with Gasteiger partial charge in [0.15, 0.2) is 0 Å². The van der Waals surface area contributed by atoms with E-state index in [1.165, 1.54) is 0 Å². The van der Waals surface area contributed by atoms with Crippen LogP contribution in [0.4, 0.5) is 5.69 Å². The smallest absolute Gasteiger partial charge is 0.248 e. The molecular weight excluding hydrogens is 268 g/mol. The van der Waals surface area contributed by atoms with Gasteiger partial charge in [-0.15, -0.1) is 11.8 Å². The molecule has 3 aromatic rings. The molecule has 0 saturated carbocycles. The maximum absolute atomic E-state index is 11.7. The van der Waals surface area contributed by atoms with Gasteiger partial charge >= 0.3 is 0 Å². The molecule has 0 amide bonds. The average molecular weight is 282 g/mol. The highest BCUT2D eigenvalue weighted by molar-refractivity contribution is 7.98.